The maximum atomic E-state index is 11.0. The van der Waals surface area contributed by atoms with E-state index < -0.39 is 5.60 Å². The van der Waals surface area contributed by atoms with Crippen LogP contribution in [0.15, 0.2) is 48.7 Å². The van der Waals surface area contributed by atoms with E-state index in [1.807, 2.05) is 30.3 Å². The van der Waals surface area contributed by atoms with Crippen LogP contribution in [-0.2, 0) is 12.8 Å². The first-order chi connectivity index (χ1) is 12.1. The standard InChI is InChI=1S/C21H26N2O2/c24-20-6-4-16(5-7-20)8-10-23-14-17-11-21(25,12-18(17)15-23)13-19-3-1-2-9-22-19/h1-7,9,17-18,24-25H,8,10-15H2/t17-,18+,21?. The van der Waals surface area contributed by atoms with Crippen molar-refractivity contribution in [1.82, 2.24) is 9.88 Å². The summed E-state index contributed by atoms with van der Waals surface area (Å²) in [5.41, 5.74) is 1.68. The van der Waals surface area contributed by atoms with Crippen LogP contribution in [0.2, 0.25) is 0 Å². The fourth-order valence-electron chi connectivity index (χ4n) is 4.67. The zero-order valence-corrected chi connectivity index (χ0v) is 14.5. The van der Waals surface area contributed by atoms with Gasteiger partial charge in [-0.3, -0.25) is 4.98 Å². The number of rotatable bonds is 5. The van der Waals surface area contributed by atoms with Crippen LogP contribution >= 0.6 is 0 Å². The quantitative estimate of drug-likeness (QED) is 0.880. The second-order valence-electron chi connectivity index (χ2n) is 7.83. The highest BCUT2D eigenvalue weighted by atomic mass is 16.3. The van der Waals surface area contributed by atoms with Gasteiger partial charge in [0, 0.05) is 37.9 Å². The molecule has 2 N–H and O–H groups in total. The summed E-state index contributed by atoms with van der Waals surface area (Å²) in [4.78, 5) is 6.91. The van der Waals surface area contributed by atoms with E-state index in [9.17, 15) is 10.2 Å². The molecule has 1 aliphatic carbocycles. The van der Waals surface area contributed by atoms with Gasteiger partial charge in [0.25, 0.3) is 0 Å². The molecule has 4 rings (SSSR count). The van der Waals surface area contributed by atoms with E-state index in [1.165, 1.54) is 5.56 Å². The number of hydrogen-bond donors (Lipinski definition) is 2. The molecule has 0 bridgehead atoms. The molecule has 1 aliphatic heterocycles. The average Bonchev–Trinajstić information content (AvgIpc) is 3.09. The number of fused-ring (bicyclic) bond motifs is 1. The Hall–Kier alpha value is -1.91. The van der Waals surface area contributed by atoms with E-state index in [2.05, 4.69) is 9.88 Å². The molecule has 132 valence electrons. The topological polar surface area (TPSA) is 56.6 Å². The van der Waals surface area contributed by atoms with Gasteiger partial charge in [-0.25, -0.2) is 0 Å². The van der Waals surface area contributed by atoms with Crippen LogP contribution in [0.25, 0.3) is 0 Å². The van der Waals surface area contributed by atoms with Crippen molar-refractivity contribution in [3.63, 3.8) is 0 Å². The smallest absolute Gasteiger partial charge is 0.115 e. The Bertz CT molecular complexity index is 688. The van der Waals surface area contributed by atoms with E-state index in [4.69, 9.17) is 0 Å². The first-order valence-corrected chi connectivity index (χ1v) is 9.22. The predicted octanol–water partition coefficient (Wildman–Crippen LogP) is 2.65. The van der Waals surface area contributed by atoms with E-state index >= 15 is 0 Å². The maximum Gasteiger partial charge on any atom is 0.115 e. The predicted molar refractivity (Wildman–Crippen MR) is 97.4 cm³/mol. The molecule has 2 fully saturated rings. The zero-order chi connectivity index (χ0) is 17.3. The Kier molecular flexibility index (Phi) is 4.48. The number of phenols is 1. The first kappa shape index (κ1) is 16.6. The number of benzene rings is 1. The normalized spacial score (nSPS) is 29.0. The van der Waals surface area contributed by atoms with Gasteiger partial charge < -0.3 is 15.1 Å². The summed E-state index contributed by atoms with van der Waals surface area (Å²) in [6, 6.07) is 13.4. The summed E-state index contributed by atoms with van der Waals surface area (Å²) < 4.78 is 0. The molecule has 2 aliphatic rings. The molecular weight excluding hydrogens is 312 g/mol. The minimum absolute atomic E-state index is 0.326. The molecule has 4 nitrogen and oxygen atoms in total. The van der Waals surface area contributed by atoms with Crippen molar-refractivity contribution < 1.29 is 10.2 Å². The Morgan fingerprint density at radius 3 is 2.40 bits per heavy atom. The number of pyridine rings is 1. The van der Waals surface area contributed by atoms with Crippen LogP contribution in [0.4, 0.5) is 0 Å². The summed E-state index contributed by atoms with van der Waals surface area (Å²) in [5.74, 6) is 1.54. The minimum Gasteiger partial charge on any atom is -0.508 e. The summed E-state index contributed by atoms with van der Waals surface area (Å²) >= 11 is 0. The van der Waals surface area contributed by atoms with Crippen molar-refractivity contribution in [2.75, 3.05) is 19.6 Å². The largest absolute Gasteiger partial charge is 0.508 e. The number of phenolic OH excluding ortho intramolecular Hbond substituents is 1. The monoisotopic (exact) mass is 338 g/mol. The fourth-order valence-corrected chi connectivity index (χ4v) is 4.67. The van der Waals surface area contributed by atoms with Crippen molar-refractivity contribution in [3.05, 3.63) is 59.9 Å². The third-order valence-electron chi connectivity index (χ3n) is 5.83. The van der Waals surface area contributed by atoms with Crippen LogP contribution in [0, 0.1) is 11.8 Å². The molecule has 1 saturated heterocycles. The third kappa shape index (κ3) is 3.86. The van der Waals surface area contributed by atoms with Gasteiger partial charge in [-0.05, 0) is 60.9 Å². The van der Waals surface area contributed by atoms with Crippen LogP contribution in [0.1, 0.15) is 24.1 Å². The van der Waals surface area contributed by atoms with Crippen molar-refractivity contribution in [2.24, 2.45) is 11.8 Å². The lowest BCUT2D eigenvalue weighted by Gasteiger charge is -2.25. The molecule has 1 unspecified atom stereocenters. The van der Waals surface area contributed by atoms with Gasteiger partial charge in [0.15, 0.2) is 0 Å². The molecule has 2 aromatic rings. The highest BCUT2D eigenvalue weighted by molar-refractivity contribution is 5.26. The molecule has 0 amide bonds. The highest BCUT2D eigenvalue weighted by Crippen LogP contribution is 2.45. The van der Waals surface area contributed by atoms with Crippen LogP contribution in [0.3, 0.4) is 0 Å². The molecule has 0 radical (unpaired) electrons. The number of aliphatic hydroxyl groups is 1. The van der Waals surface area contributed by atoms with Gasteiger partial charge in [0.2, 0.25) is 0 Å². The number of hydrogen-bond acceptors (Lipinski definition) is 4. The lowest BCUT2D eigenvalue weighted by atomic mass is 9.93. The lowest BCUT2D eigenvalue weighted by molar-refractivity contribution is 0.0346. The third-order valence-corrected chi connectivity index (χ3v) is 5.83. The molecule has 1 aromatic heterocycles. The Labute approximate surface area is 149 Å². The van der Waals surface area contributed by atoms with Gasteiger partial charge in [0.1, 0.15) is 5.75 Å². The van der Waals surface area contributed by atoms with Crippen molar-refractivity contribution in [2.45, 2.75) is 31.3 Å². The van der Waals surface area contributed by atoms with E-state index in [0.717, 1.165) is 44.6 Å². The number of aromatic nitrogens is 1. The molecule has 4 heteroatoms. The number of aromatic hydroxyl groups is 1. The van der Waals surface area contributed by atoms with E-state index in [1.54, 1.807) is 18.3 Å². The second-order valence-corrected chi connectivity index (χ2v) is 7.83. The molecule has 0 spiro atoms. The Balaban J connectivity index is 1.29. The van der Waals surface area contributed by atoms with Crippen LogP contribution in [-0.4, -0.2) is 45.3 Å². The zero-order valence-electron chi connectivity index (χ0n) is 14.5. The highest BCUT2D eigenvalue weighted by Gasteiger charge is 2.48. The van der Waals surface area contributed by atoms with Gasteiger partial charge >= 0.3 is 0 Å². The fraction of sp³-hybridized carbons (Fsp3) is 0.476. The van der Waals surface area contributed by atoms with E-state index in [-0.39, 0.29) is 0 Å². The summed E-state index contributed by atoms with van der Waals surface area (Å²) in [5, 5.41) is 20.4. The molecular formula is C21H26N2O2. The SMILES string of the molecule is Oc1ccc(CCN2C[C@@H]3CC(O)(Cc4ccccn4)C[C@@H]3C2)cc1. The molecule has 1 saturated carbocycles. The maximum absolute atomic E-state index is 11.0. The van der Waals surface area contributed by atoms with Crippen molar-refractivity contribution in [1.29, 1.82) is 0 Å². The number of nitrogens with zero attached hydrogens (tertiary/aromatic N) is 2. The molecule has 2 heterocycles. The summed E-state index contributed by atoms with van der Waals surface area (Å²) in [6.45, 7) is 3.23. The van der Waals surface area contributed by atoms with Gasteiger partial charge in [-0.1, -0.05) is 18.2 Å². The van der Waals surface area contributed by atoms with Crippen LogP contribution in [0.5, 0.6) is 5.75 Å². The first-order valence-electron chi connectivity index (χ1n) is 9.22. The van der Waals surface area contributed by atoms with Crippen molar-refractivity contribution >= 4 is 0 Å². The second kappa shape index (κ2) is 6.77. The summed E-state index contributed by atoms with van der Waals surface area (Å²) in [7, 11) is 0. The Morgan fingerprint density at radius 1 is 1.04 bits per heavy atom. The van der Waals surface area contributed by atoms with Gasteiger partial charge in [0.05, 0.1) is 5.60 Å². The van der Waals surface area contributed by atoms with E-state index in [0.29, 0.717) is 24.0 Å². The molecule has 25 heavy (non-hydrogen) atoms. The lowest BCUT2D eigenvalue weighted by Crippen LogP contribution is -2.33. The average molecular weight is 338 g/mol. The van der Waals surface area contributed by atoms with Crippen LogP contribution < -0.4 is 0 Å². The van der Waals surface area contributed by atoms with Gasteiger partial charge in [-0.2, -0.15) is 0 Å². The minimum atomic E-state index is -0.577. The number of likely N-dealkylation sites (tertiary alicyclic amines) is 1. The summed E-state index contributed by atoms with van der Waals surface area (Å²) in [6.07, 6.45) is 5.28. The molecule has 3 atom stereocenters. The Morgan fingerprint density at radius 2 is 1.76 bits per heavy atom. The molecule has 1 aromatic carbocycles. The van der Waals surface area contributed by atoms with Crippen molar-refractivity contribution in [3.8, 4) is 5.75 Å². The van der Waals surface area contributed by atoms with Gasteiger partial charge in [-0.15, -0.1) is 0 Å².